The Balaban J connectivity index is 1.67. The summed E-state index contributed by atoms with van der Waals surface area (Å²) in [5, 5.41) is 12.8. The molecule has 0 saturated heterocycles. The van der Waals surface area contributed by atoms with Gasteiger partial charge in [-0.2, -0.15) is 5.26 Å². The number of aromatic nitrogens is 1. The molecular weight excluding hydrogens is 388 g/mol. The number of nitrogens with one attached hydrogen (secondary N) is 1. The lowest BCUT2D eigenvalue weighted by Gasteiger charge is -2.16. The van der Waals surface area contributed by atoms with Gasteiger partial charge in [-0.3, -0.25) is 9.59 Å². The lowest BCUT2D eigenvalue weighted by Crippen LogP contribution is -2.34. The van der Waals surface area contributed by atoms with Crippen molar-refractivity contribution < 1.29 is 9.59 Å². The van der Waals surface area contributed by atoms with Crippen LogP contribution in [0.3, 0.4) is 0 Å². The second-order valence-corrected chi connectivity index (χ2v) is 7.29. The highest BCUT2D eigenvalue weighted by Crippen LogP contribution is 2.23. The molecule has 1 heterocycles. The highest BCUT2D eigenvalue weighted by molar-refractivity contribution is 5.99. The van der Waals surface area contributed by atoms with Crippen molar-refractivity contribution in [3.63, 3.8) is 0 Å². The number of rotatable bonds is 8. The second kappa shape index (κ2) is 10.3. The van der Waals surface area contributed by atoms with Crippen LogP contribution < -0.4 is 5.32 Å². The minimum absolute atomic E-state index is 0.0366. The number of fused-ring (bicyclic) bond motifs is 1. The average molecular weight is 415 g/mol. The van der Waals surface area contributed by atoms with E-state index < -0.39 is 0 Å². The van der Waals surface area contributed by atoms with Crippen molar-refractivity contribution in [3.05, 3.63) is 71.9 Å². The van der Waals surface area contributed by atoms with E-state index in [0.717, 1.165) is 34.1 Å². The molecule has 6 heteroatoms. The summed E-state index contributed by atoms with van der Waals surface area (Å²) in [4.78, 5) is 26.3. The van der Waals surface area contributed by atoms with E-state index in [2.05, 4.69) is 11.4 Å². The lowest BCUT2D eigenvalue weighted by atomic mass is 10.1. The molecule has 0 bridgehead atoms. The predicted octanol–water partition coefficient (Wildman–Crippen LogP) is 4.23. The maximum atomic E-state index is 12.6. The van der Waals surface area contributed by atoms with Crippen LogP contribution in [0.4, 0.5) is 5.69 Å². The zero-order valence-electron chi connectivity index (χ0n) is 17.8. The number of likely N-dealkylation sites (N-methyl/N-ethyl adjacent to an activating group) is 1. The number of carbonyl (C=O) groups excluding carboxylic acids is 2. The second-order valence-electron chi connectivity index (χ2n) is 7.29. The van der Waals surface area contributed by atoms with Gasteiger partial charge in [-0.1, -0.05) is 43.3 Å². The summed E-state index contributed by atoms with van der Waals surface area (Å²) in [5.74, 6) is -0.494. The Morgan fingerprint density at radius 2 is 1.90 bits per heavy atom. The van der Waals surface area contributed by atoms with E-state index in [0.29, 0.717) is 13.0 Å². The number of hydrogen-bond acceptors (Lipinski definition) is 3. The Labute approximate surface area is 182 Å². The first-order valence-corrected chi connectivity index (χ1v) is 10.3. The van der Waals surface area contributed by atoms with Gasteiger partial charge in [0, 0.05) is 48.0 Å². The fourth-order valence-electron chi connectivity index (χ4n) is 3.49. The van der Waals surface area contributed by atoms with Gasteiger partial charge in [0.05, 0.1) is 19.0 Å². The molecule has 0 aliphatic rings. The van der Waals surface area contributed by atoms with Crippen LogP contribution in [-0.2, 0) is 22.6 Å². The van der Waals surface area contributed by atoms with Crippen molar-refractivity contribution in [2.24, 2.45) is 0 Å². The van der Waals surface area contributed by atoms with Gasteiger partial charge in [0.2, 0.25) is 11.8 Å². The summed E-state index contributed by atoms with van der Waals surface area (Å²) in [7, 11) is 1.61. The summed E-state index contributed by atoms with van der Waals surface area (Å²) >= 11 is 0. The van der Waals surface area contributed by atoms with E-state index in [1.54, 1.807) is 13.1 Å². The van der Waals surface area contributed by atoms with Gasteiger partial charge in [-0.25, -0.2) is 0 Å². The molecule has 1 N–H and O–H groups in total. The quantitative estimate of drug-likeness (QED) is 0.561. The van der Waals surface area contributed by atoms with Gasteiger partial charge in [-0.15, -0.1) is 0 Å². The van der Waals surface area contributed by atoms with Crippen molar-refractivity contribution >= 4 is 34.5 Å². The molecule has 0 aliphatic heterocycles. The number of nitriles is 1. The van der Waals surface area contributed by atoms with E-state index in [1.165, 1.54) is 11.0 Å². The molecule has 158 valence electrons. The molecule has 3 rings (SSSR count). The number of para-hydroxylation sites is 2. The van der Waals surface area contributed by atoms with Crippen LogP contribution in [-0.4, -0.2) is 34.9 Å². The molecule has 6 nitrogen and oxygen atoms in total. The van der Waals surface area contributed by atoms with Crippen molar-refractivity contribution in [3.8, 4) is 6.07 Å². The Morgan fingerprint density at radius 3 is 2.68 bits per heavy atom. The zero-order valence-corrected chi connectivity index (χ0v) is 17.8. The molecule has 0 unspecified atom stereocenters. The molecule has 31 heavy (non-hydrogen) atoms. The largest absolute Gasteiger partial charge is 0.346 e. The molecular formula is C25H26N4O2. The minimum Gasteiger partial charge on any atom is -0.346 e. The van der Waals surface area contributed by atoms with Crippen LogP contribution in [0.5, 0.6) is 0 Å². The molecule has 1 aromatic heterocycles. The molecule has 2 aromatic carbocycles. The van der Waals surface area contributed by atoms with Crippen LogP contribution in [0, 0.1) is 11.3 Å². The number of hydrogen-bond donors (Lipinski definition) is 1. The fraction of sp³-hybridized carbons (Fsp3) is 0.240. The van der Waals surface area contributed by atoms with Crippen LogP contribution in [0.25, 0.3) is 17.0 Å². The van der Waals surface area contributed by atoms with E-state index in [-0.39, 0.29) is 18.4 Å². The van der Waals surface area contributed by atoms with Crippen molar-refractivity contribution in [1.82, 2.24) is 9.47 Å². The van der Waals surface area contributed by atoms with E-state index >= 15 is 0 Å². The topological polar surface area (TPSA) is 78.1 Å². The number of aryl methyl sites for hydroxylation is 2. The Hall–Kier alpha value is -3.85. The Bertz CT molecular complexity index is 1150. The van der Waals surface area contributed by atoms with Crippen LogP contribution in [0.15, 0.2) is 60.8 Å². The van der Waals surface area contributed by atoms with Gasteiger partial charge in [0.25, 0.3) is 0 Å². The Morgan fingerprint density at radius 1 is 1.16 bits per heavy atom. The zero-order chi connectivity index (χ0) is 22.2. The van der Waals surface area contributed by atoms with Gasteiger partial charge in [-0.05, 0) is 30.2 Å². The number of anilines is 1. The third-order valence-electron chi connectivity index (χ3n) is 5.12. The van der Waals surface area contributed by atoms with Crippen LogP contribution >= 0.6 is 0 Å². The highest BCUT2D eigenvalue weighted by Gasteiger charge is 2.13. The van der Waals surface area contributed by atoms with E-state index in [1.807, 2.05) is 66.2 Å². The average Bonchev–Trinajstić information content (AvgIpc) is 3.14. The van der Waals surface area contributed by atoms with Gasteiger partial charge in [0.15, 0.2) is 0 Å². The number of benzene rings is 2. The molecule has 2 amide bonds. The Kier molecular flexibility index (Phi) is 7.23. The highest BCUT2D eigenvalue weighted by atomic mass is 16.2. The molecule has 0 aliphatic carbocycles. The molecule has 0 fully saturated rings. The fourth-order valence-corrected chi connectivity index (χ4v) is 3.49. The predicted molar refractivity (Wildman–Crippen MR) is 123 cm³/mol. The molecule has 0 spiro atoms. The minimum atomic E-state index is -0.257. The van der Waals surface area contributed by atoms with Crippen LogP contribution in [0.2, 0.25) is 0 Å². The first kappa shape index (κ1) is 21.8. The summed E-state index contributed by atoms with van der Waals surface area (Å²) in [6, 6.07) is 17.7. The summed E-state index contributed by atoms with van der Waals surface area (Å²) < 4.78 is 2.02. The number of carbonyl (C=O) groups is 2. The van der Waals surface area contributed by atoms with Crippen LogP contribution in [0.1, 0.15) is 24.5 Å². The van der Waals surface area contributed by atoms with Crippen molar-refractivity contribution in [2.45, 2.75) is 26.3 Å². The van der Waals surface area contributed by atoms with Gasteiger partial charge < -0.3 is 14.8 Å². The molecule has 0 radical (unpaired) electrons. The monoisotopic (exact) mass is 414 g/mol. The summed E-state index contributed by atoms with van der Waals surface area (Å²) in [6.45, 7) is 2.59. The third kappa shape index (κ3) is 5.40. The molecule has 0 saturated carbocycles. The third-order valence-corrected chi connectivity index (χ3v) is 5.12. The maximum Gasteiger partial charge on any atom is 0.246 e. The SMILES string of the molecule is CCc1ccccc1NC(=O)CN(C)C(=O)/C=C/c1cn(CCC#N)c2ccccc12. The summed E-state index contributed by atoms with van der Waals surface area (Å²) in [5.41, 5.74) is 3.75. The maximum absolute atomic E-state index is 12.6. The lowest BCUT2D eigenvalue weighted by molar-refractivity contribution is -0.129. The van der Waals surface area contributed by atoms with Crippen molar-refractivity contribution in [2.75, 3.05) is 18.9 Å². The molecule has 3 aromatic rings. The number of nitrogens with zero attached hydrogens (tertiary/aromatic N) is 3. The van der Waals surface area contributed by atoms with Crippen molar-refractivity contribution in [1.29, 1.82) is 5.26 Å². The van der Waals surface area contributed by atoms with E-state index in [9.17, 15) is 9.59 Å². The number of amides is 2. The standard InChI is InChI=1S/C25H26N4O2/c1-3-19-9-4-6-11-22(19)27-24(30)18-28(2)25(31)14-13-20-17-29(16-8-15-26)23-12-7-5-10-21(20)23/h4-7,9-14,17H,3,8,16,18H2,1-2H3,(H,27,30)/b14-13+. The normalized spacial score (nSPS) is 10.9. The van der Waals surface area contributed by atoms with Gasteiger partial charge >= 0.3 is 0 Å². The molecule has 0 atom stereocenters. The summed E-state index contributed by atoms with van der Waals surface area (Å²) in [6.07, 6.45) is 6.41. The first-order chi connectivity index (χ1) is 15.0. The van der Waals surface area contributed by atoms with Gasteiger partial charge in [0.1, 0.15) is 0 Å². The first-order valence-electron chi connectivity index (χ1n) is 10.3. The smallest absolute Gasteiger partial charge is 0.246 e. The van der Waals surface area contributed by atoms with E-state index in [4.69, 9.17) is 5.26 Å².